The van der Waals surface area contributed by atoms with E-state index in [1.165, 1.54) is 19.3 Å². The smallest absolute Gasteiger partial charge is 0.272 e. The average molecular weight is 290 g/mol. The van der Waals surface area contributed by atoms with Crippen LogP contribution in [0.4, 0.5) is 5.69 Å². The zero-order chi connectivity index (χ0) is 15.2. The summed E-state index contributed by atoms with van der Waals surface area (Å²) >= 11 is 0. The molecule has 2 rings (SSSR count). The highest BCUT2D eigenvalue weighted by molar-refractivity contribution is 5.93. The number of nitrogens with zero attached hydrogens (tertiary/aromatic N) is 3. The van der Waals surface area contributed by atoms with Gasteiger partial charge in [-0.25, -0.2) is 0 Å². The van der Waals surface area contributed by atoms with Crippen molar-refractivity contribution in [2.45, 2.75) is 39.2 Å². The van der Waals surface area contributed by atoms with E-state index in [0.29, 0.717) is 31.4 Å². The Morgan fingerprint density at radius 2 is 2.10 bits per heavy atom. The molecule has 0 aliphatic heterocycles. The van der Waals surface area contributed by atoms with Crippen LogP contribution >= 0.6 is 0 Å². The Kier molecular flexibility index (Phi) is 5.56. The lowest BCUT2D eigenvalue weighted by Gasteiger charge is -2.39. The van der Waals surface area contributed by atoms with E-state index in [9.17, 15) is 4.79 Å². The molecule has 2 N–H and O–H groups in total. The number of nitrogens with two attached hydrogens (primary N) is 1. The topological polar surface area (TPSA) is 62.5 Å². The number of rotatable bonds is 7. The van der Waals surface area contributed by atoms with Gasteiger partial charge in [-0.2, -0.15) is 0 Å². The molecule has 1 aliphatic carbocycles. The number of hydrogen-bond acceptors (Lipinski definition) is 4. The van der Waals surface area contributed by atoms with Crippen molar-refractivity contribution in [3.8, 4) is 0 Å². The maximum absolute atomic E-state index is 12.4. The van der Waals surface area contributed by atoms with Gasteiger partial charge in [0, 0.05) is 44.1 Å². The predicted octanol–water partition coefficient (Wildman–Crippen LogP) is 1.88. The predicted molar refractivity (Wildman–Crippen MR) is 85.5 cm³/mol. The minimum Gasteiger partial charge on any atom is -0.367 e. The Morgan fingerprint density at radius 3 is 2.62 bits per heavy atom. The minimum absolute atomic E-state index is 0.00292. The molecule has 0 aromatic carbocycles. The van der Waals surface area contributed by atoms with Gasteiger partial charge in [-0.15, -0.1) is 0 Å². The van der Waals surface area contributed by atoms with Gasteiger partial charge in [0.15, 0.2) is 0 Å². The average Bonchev–Trinajstić information content (AvgIpc) is 2.46. The molecular weight excluding hydrogens is 264 g/mol. The lowest BCUT2D eigenvalue weighted by molar-refractivity contribution is 0.0767. The lowest BCUT2D eigenvalue weighted by atomic mass is 9.91. The van der Waals surface area contributed by atoms with Gasteiger partial charge in [-0.05, 0) is 45.2 Å². The molecule has 0 spiro atoms. The molecule has 1 aliphatic rings. The van der Waals surface area contributed by atoms with E-state index in [1.807, 2.05) is 26.0 Å². The van der Waals surface area contributed by atoms with Gasteiger partial charge in [-0.3, -0.25) is 9.78 Å². The van der Waals surface area contributed by atoms with Crippen LogP contribution in [0.1, 0.15) is 43.6 Å². The van der Waals surface area contributed by atoms with Crippen LogP contribution in [0.25, 0.3) is 0 Å². The first kappa shape index (κ1) is 15.8. The first-order valence-corrected chi connectivity index (χ1v) is 7.93. The highest BCUT2D eigenvalue weighted by atomic mass is 16.2. The number of aromatic nitrogens is 1. The van der Waals surface area contributed by atoms with Crippen LogP contribution in [0.3, 0.4) is 0 Å². The second-order valence-electron chi connectivity index (χ2n) is 5.44. The van der Waals surface area contributed by atoms with E-state index in [4.69, 9.17) is 5.73 Å². The number of anilines is 1. The van der Waals surface area contributed by atoms with Crippen LogP contribution in [-0.4, -0.2) is 48.0 Å². The summed E-state index contributed by atoms with van der Waals surface area (Å²) in [7, 11) is 0. The molecule has 0 saturated heterocycles. The van der Waals surface area contributed by atoms with E-state index >= 15 is 0 Å². The molecule has 0 radical (unpaired) electrons. The Labute approximate surface area is 127 Å². The summed E-state index contributed by atoms with van der Waals surface area (Å²) in [6.45, 7) is 6.83. The molecule has 1 amide bonds. The molecule has 1 saturated carbocycles. The Balaban J connectivity index is 2.20. The van der Waals surface area contributed by atoms with Crippen molar-refractivity contribution < 1.29 is 4.79 Å². The van der Waals surface area contributed by atoms with Crippen LogP contribution in [0, 0.1) is 0 Å². The summed E-state index contributed by atoms with van der Waals surface area (Å²) in [5, 5.41) is 0. The van der Waals surface area contributed by atoms with Crippen molar-refractivity contribution in [3.63, 3.8) is 0 Å². The van der Waals surface area contributed by atoms with Crippen molar-refractivity contribution in [3.05, 3.63) is 24.0 Å². The quantitative estimate of drug-likeness (QED) is 0.833. The number of pyridine rings is 1. The maximum atomic E-state index is 12.4. The van der Waals surface area contributed by atoms with Crippen LogP contribution < -0.4 is 10.6 Å². The van der Waals surface area contributed by atoms with Gasteiger partial charge in [0.1, 0.15) is 5.69 Å². The molecule has 1 fully saturated rings. The Hall–Kier alpha value is -1.62. The van der Waals surface area contributed by atoms with Crippen LogP contribution in [0.15, 0.2) is 18.3 Å². The molecule has 1 heterocycles. The van der Waals surface area contributed by atoms with E-state index in [-0.39, 0.29) is 5.91 Å². The SMILES string of the molecule is CCN(CC)C(=O)c1cc(N(CCN)C2CCC2)ccn1. The molecule has 5 nitrogen and oxygen atoms in total. The summed E-state index contributed by atoms with van der Waals surface area (Å²) in [6, 6.07) is 4.45. The normalized spacial score (nSPS) is 14.6. The molecular formula is C16H26N4O. The summed E-state index contributed by atoms with van der Waals surface area (Å²) in [4.78, 5) is 20.8. The highest BCUT2D eigenvalue weighted by Crippen LogP contribution is 2.29. The van der Waals surface area contributed by atoms with Gasteiger partial charge < -0.3 is 15.5 Å². The number of hydrogen-bond donors (Lipinski definition) is 1. The Bertz CT molecular complexity index is 469. The highest BCUT2D eigenvalue weighted by Gasteiger charge is 2.25. The first-order valence-electron chi connectivity index (χ1n) is 7.93. The second-order valence-corrected chi connectivity index (χ2v) is 5.44. The van der Waals surface area contributed by atoms with Crippen LogP contribution in [0.2, 0.25) is 0 Å². The van der Waals surface area contributed by atoms with Crippen molar-refractivity contribution in [1.82, 2.24) is 9.88 Å². The zero-order valence-electron chi connectivity index (χ0n) is 13.1. The fraction of sp³-hybridized carbons (Fsp3) is 0.625. The van der Waals surface area contributed by atoms with Crippen molar-refractivity contribution in [2.24, 2.45) is 5.73 Å². The third-order valence-electron chi connectivity index (χ3n) is 4.23. The fourth-order valence-electron chi connectivity index (χ4n) is 2.75. The summed E-state index contributed by atoms with van der Waals surface area (Å²) in [5.74, 6) is 0.00292. The van der Waals surface area contributed by atoms with Crippen molar-refractivity contribution in [1.29, 1.82) is 0 Å². The number of carbonyl (C=O) groups is 1. The maximum Gasteiger partial charge on any atom is 0.272 e. The monoisotopic (exact) mass is 290 g/mol. The minimum atomic E-state index is 0.00292. The van der Waals surface area contributed by atoms with Gasteiger partial charge in [0.25, 0.3) is 5.91 Å². The van der Waals surface area contributed by atoms with Gasteiger partial charge in [-0.1, -0.05) is 0 Å². The van der Waals surface area contributed by atoms with Gasteiger partial charge in [0.2, 0.25) is 0 Å². The van der Waals surface area contributed by atoms with Crippen molar-refractivity contribution in [2.75, 3.05) is 31.1 Å². The van der Waals surface area contributed by atoms with E-state index < -0.39 is 0 Å². The Morgan fingerprint density at radius 1 is 1.38 bits per heavy atom. The molecule has 1 aromatic heterocycles. The lowest BCUT2D eigenvalue weighted by Crippen LogP contribution is -2.43. The molecule has 0 atom stereocenters. The van der Waals surface area contributed by atoms with Crippen LogP contribution in [-0.2, 0) is 0 Å². The van der Waals surface area contributed by atoms with E-state index in [2.05, 4.69) is 9.88 Å². The molecule has 1 aromatic rings. The molecule has 0 bridgehead atoms. The third kappa shape index (κ3) is 3.53. The largest absolute Gasteiger partial charge is 0.367 e. The zero-order valence-corrected chi connectivity index (χ0v) is 13.1. The van der Waals surface area contributed by atoms with Gasteiger partial charge >= 0.3 is 0 Å². The molecule has 5 heteroatoms. The third-order valence-corrected chi connectivity index (χ3v) is 4.23. The standard InChI is InChI=1S/C16H26N4O/c1-3-19(4-2)16(21)15-12-14(8-10-18-15)20(11-9-17)13-6-5-7-13/h8,10,12-13H,3-7,9,11,17H2,1-2H3. The van der Waals surface area contributed by atoms with Crippen molar-refractivity contribution >= 4 is 11.6 Å². The summed E-state index contributed by atoms with van der Waals surface area (Å²) < 4.78 is 0. The first-order chi connectivity index (χ1) is 10.2. The van der Waals surface area contributed by atoms with Gasteiger partial charge in [0.05, 0.1) is 0 Å². The number of amides is 1. The van der Waals surface area contributed by atoms with E-state index in [0.717, 1.165) is 12.2 Å². The summed E-state index contributed by atoms with van der Waals surface area (Å²) in [6.07, 6.45) is 5.43. The molecule has 0 unspecified atom stereocenters. The second kappa shape index (κ2) is 7.41. The number of carbonyl (C=O) groups excluding carboxylic acids is 1. The summed E-state index contributed by atoms with van der Waals surface area (Å²) in [5.41, 5.74) is 7.33. The van der Waals surface area contributed by atoms with E-state index in [1.54, 1.807) is 11.1 Å². The van der Waals surface area contributed by atoms with Crippen LogP contribution in [0.5, 0.6) is 0 Å². The molecule has 21 heavy (non-hydrogen) atoms. The molecule has 116 valence electrons. The fourth-order valence-corrected chi connectivity index (χ4v) is 2.75.